The topological polar surface area (TPSA) is 128 Å². The maximum Gasteiger partial charge on any atom is 0.165 e. The molecule has 4 heterocycles. The van der Waals surface area contributed by atoms with Gasteiger partial charge in [-0.2, -0.15) is 0 Å². The molecule has 5 N–H and O–H groups in total. The molecule has 3 aromatic heterocycles. The fourth-order valence-corrected chi connectivity index (χ4v) is 5.86. The van der Waals surface area contributed by atoms with E-state index in [1.165, 1.54) is 0 Å². The van der Waals surface area contributed by atoms with E-state index >= 15 is 0 Å². The van der Waals surface area contributed by atoms with Crippen molar-refractivity contribution in [1.82, 2.24) is 19.5 Å². The molecule has 2 aromatic carbocycles. The number of aliphatic hydroxyl groups excluding tert-OH is 1. The van der Waals surface area contributed by atoms with Crippen LogP contribution in [0.25, 0.3) is 39.5 Å². The number of hydrogen-bond acceptors (Lipinski definition) is 8. The third kappa shape index (κ3) is 6.08. The van der Waals surface area contributed by atoms with E-state index in [-0.39, 0.29) is 55.5 Å². The van der Waals surface area contributed by atoms with Crippen LogP contribution in [0.2, 0.25) is 0 Å². The summed E-state index contributed by atoms with van der Waals surface area (Å²) in [7, 11) is 0. The van der Waals surface area contributed by atoms with Gasteiger partial charge in [0.1, 0.15) is 11.3 Å². The third-order valence-corrected chi connectivity index (χ3v) is 8.38. The number of rotatable bonds is 6. The molecule has 0 unspecified atom stereocenters. The van der Waals surface area contributed by atoms with Gasteiger partial charge in [0.05, 0.1) is 30.6 Å². The summed E-state index contributed by atoms with van der Waals surface area (Å²) in [6.07, 6.45) is 4.68. The second-order valence-corrected chi connectivity index (χ2v) is 11.0. The van der Waals surface area contributed by atoms with Crippen molar-refractivity contribution >= 4 is 59.9 Å². The number of hydrogen-bond donors (Lipinski definition) is 3. The number of nitrogens with two attached hydrogens (primary N) is 2. The van der Waals surface area contributed by atoms with Crippen molar-refractivity contribution in [3.05, 3.63) is 84.6 Å². The number of morpholine rings is 1. The van der Waals surface area contributed by atoms with Gasteiger partial charge in [0, 0.05) is 41.8 Å². The average Bonchev–Trinajstić information content (AvgIpc) is 3.39. The number of nitrogens with zero attached hydrogens (tertiary/aromatic N) is 5. The SMILES string of the molecule is Cl.Cl.Cl.Nc1ncccc1-c1nc2ccc(-c3cccc(N4CCO[C@@H](CO)C4)c3)nc2n1-c1ccc(C2(N)CCC2)cc1. The molecule has 1 aliphatic carbocycles. The van der Waals surface area contributed by atoms with Crippen LogP contribution in [0.1, 0.15) is 24.8 Å². The molecule has 9 nitrogen and oxygen atoms in total. The molecule has 0 amide bonds. The van der Waals surface area contributed by atoms with Gasteiger partial charge in [0.2, 0.25) is 0 Å². The Morgan fingerprint density at radius 2 is 1.73 bits per heavy atom. The van der Waals surface area contributed by atoms with Crippen LogP contribution in [0.15, 0.2) is 79.0 Å². The number of benzene rings is 2. The first-order chi connectivity index (χ1) is 20.0. The summed E-state index contributed by atoms with van der Waals surface area (Å²) in [4.78, 5) is 16.7. The zero-order chi connectivity index (χ0) is 28.0. The van der Waals surface area contributed by atoms with Gasteiger partial charge < -0.3 is 26.2 Å². The molecule has 12 heteroatoms. The van der Waals surface area contributed by atoms with Crippen molar-refractivity contribution in [1.29, 1.82) is 0 Å². The van der Waals surface area contributed by atoms with E-state index < -0.39 is 0 Å². The second kappa shape index (κ2) is 13.7. The maximum absolute atomic E-state index is 9.59. The van der Waals surface area contributed by atoms with Crippen molar-refractivity contribution in [3.63, 3.8) is 0 Å². The summed E-state index contributed by atoms with van der Waals surface area (Å²) in [5.41, 5.74) is 19.9. The number of nitrogen functional groups attached to an aromatic ring is 1. The quantitative estimate of drug-likeness (QED) is 0.218. The molecule has 232 valence electrons. The van der Waals surface area contributed by atoms with Crippen LogP contribution in [-0.2, 0) is 10.3 Å². The largest absolute Gasteiger partial charge is 0.394 e. The fraction of sp³-hybridized carbons (Fsp3) is 0.281. The molecule has 7 rings (SSSR count). The van der Waals surface area contributed by atoms with E-state index in [1.807, 2.05) is 30.3 Å². The average molecular weight is 657 g/mol. The minimum absolute atomic E-state index is 0. The fourth-order valence-electron chi connectivity index (χ4n) is 5.86. The number of anilines is 2. The Labute approximate surface area is 274 Å². The summed E-state index contributed by atoms with van der Waals surface area (Å²) >= 11 is 0. The first kappa shape index (κ1) is 33.5. The van der Waals surface area contributed by atoms with Gasteiger partial charge in [-0.1, -0.05) is 24.3 Å². The molecular weight excluding hydrogens is 621 g/mol. The number of imidazole rings is 1. The smallest absolute Gasteiger partial charge is 0.165 e. The lowest BCUT2D eigenvalue weighted by Gasteiger charge is -2.38. The lowest BCUT2D eigenvalue weighted by molar-refractivity contribution is 0.00357. The van der Waals surface area contributed by atoms with Gasteiger partial charge in [-0.15, -0.1) is 37.2 Å². The van der Waals surface area contributed by atoms with E-state index in [4.69, 9.17) is 26.2 Å². The third-order valence-electron chi connectivity index (χ3n) is 8.38. The first-order valence-electron chi connectivity index (χ1n) is 14.1. The molecule has 1 saturated carbocycles. The van der Waals surface area contributed by atoms with Crippen LogP contribution in [0.3, 0.4) is 0 Å². The highest BCUT2D eigenvalue weighted by Gasteiger charge is 2.34. The van der Waals surface area contributed by atoms with Crippen molar-refractivity contribution in [2.75, 3.05) is 36.9 Å². The molecule has 0 spiro atoms. The molecule has 2 fully saturated rings. The summed E-state index contributed by atoms with van der Waals surface area (Å²) < 4.78 is 7.70. The van der Waals surface area contributed by atoms with Gasteiger partial charge in [-0.05, 0) is 73.4 Å². The number of ether oxygens (including phenoxy) is 1. The molecule has 5 aromatic rings. The van der Waals surface area contributed by atoms with Gasteiger partial charge in [0.15, 0.2) is 11.5 Å². The summed E-state index contributed by atoms with van der Waals surface area (Å²) in [6, 6.07) is 24.6. The Bertz CT molecular complexity index is 1730. The van der Waals surface area contributed by atoms with E-state index in [0.29, 0.717) is 24.8 Å². The van der Waals surface area contributed by atoms with Crippen LogP contribution in [0, 0.1) is 0 Å². The summed E-state index contributed by atoms with van der Waals surface area (Å²) in [6.45, 7) is 2.02. The van der Waals surface area contributed by atoms with Crippen LogP contribution in [0.4, 0.5) is 11.5 Å². The highest BCUT2D eigenvalue weighted by atomic mass is 35.5. The van der Waals surface area contributed by atoms with Crippen LogP contribution < -0.4 is 16.4 Å². The molecule has 44 heavy (non-hydrogen) atoms. The predicted molar refractivity (Wildman–Crippen MR) is 182 cm³/mol. The number of halogens is 3. The first-order valence-corrected chi connectivity index (χ1v) is 14.1. The molecule has 1 aliphatic heterocycles. The van der Waals surface area contributed by atoms with Gasteiger partial charge in [0.25, 0.3) is 0 Å². The predicted octanol–water partition coefficient (Wildman–Crippen LogP) is 5.53. The zero-order valence-electron chi connectivity index (χ0n) is 24.0. The van der Waals surface area contributed by atoms with Gasteiger partial charge >= 0.3 is 0 Å². The lowest BCUT2D eigenvalue weighted by atomic mass is 9.73. The minimum Gasteiger partial charge on any atom is -0.394 e. The number of fused-ring (bicyclic) bond motifs is 1. The van der Waals surface area contributed by atoms with Crippen molar-refractivity contribution < 1.29 is 9.84 Å². The summed E-state index contributed by atoms with van der Waals surface area (Å²) in [5, 5.41) is 9.59. The Morgan fingerprint density at radius 3 is 2.43 bits per heavy atom. The van der Waals surface area contributed by atoms with Gasteiger partial charge in [-0.25, -0.2) is 15.0 Å². The number of aromatic nitrogens is 4. The molecule has 0 radical (unpaired) electrons. The molecule has 0 bridgehead atoms. The molecule has 1 saturated heterocycles. The Morgan fingerprint density at radius 1 is 0.932 bits per heavy atom. The van der Waals surface area contributed by atoms with Crippen molar-refractivity contribution in [2.45, 2.75) is 30.9 Å². The van der Waals surface area contributed by atoms with E-state index in [2.05, 4.69) is 56.9 Å². The maximum atomic E-state index is 9.59. The number of aliphatic hydroxyl groups is 1. The van der Waals surface area contributed by atoms with Crippen molar-refractivity contribution in [2.24, 2.45) is 5.73 Å². The van der Waals surface area contributed by atoms with Crippen LogP contribution in [-0.4, -0.2) is 57.0 Å². The lowest BCUT2D eigenvalue weighted by Crippen LogP contribution is -2.44. The highest BCUT2D eigenvalue weighted by Crippen LogP contribution is 2.39. The molecule has 1 atom stereocenters. The Kier molecular flexibility index (Phi) is 10.4. The van der Waals surface area contributed by atoms with Crippen molar-refractivity contribution in [3.8, 4) is 28.3 Å². The Hall–Kier alpha value is -3.44. The van der Waals surface area contributed by atoms with E-state index in [9.17, 15) is 5.11 Å². The monoisotopic (exact) mass is 655 g/mol. The summed E-state index contributed by atoms with van der Waals surface area (Å²) in [5.74, 6) is 1.10. The van der Waals surface area contributed by atoms with Crippen LogP contribution in [0.5, 0.6) is 0 Å². The minimum atomic E-state index is -0.236. The van der Waals surface area contributed by atoms with Crippen LogP contribution >= 0.6 is 37.2 Å². The normalized spacial score (nSPS) is 17.1. The van der Waals surface area contributed by atoms with Gasteiger partial charge in [-0.3, -0.25) is 4.57 Å². The van der Waals surface area contributed by atoms with E-state index in [0.717, 1.165) is 70.7 Å². The molecular formula is C32H36Cl3N7O2. The highest BCUT2D eigenvalue weighted by molar-refractivity contribution is 5.86. The second-order valence-electron chi connectivity index (χ2n) is 11.0. The standard InChI is InChI=1S/C32H33N7O2.3ClH/c33-29-26(6-2-15-35-29)30-37-28-12-11-27(21-4-1-5-24(18-21)38-16-17-41-25(19-38)20-40)36-31(28)39(30)23-9-7-22(8-10-23)32(34)13-3-14-32;;;/h1-2,4-12,15,18,25,40H,3,13-14,16-17,19-20,34H2,(H2,33,35);3*1H/t25-;;;/m1.../s1. The zero-order valence-corrected chi connectivity index (χ0v) is 26.5. The van der Waals surface area contributed by atoms with E-state index in [1.54, 1.807) is 6.20 Å². The number of pyridine rings is 2. The molecule has 2 aliphatic rings. The Balaban J connectivity index is 0.00000147.